The number of carbonyl (C=O) groups excluding carboxylic acids is 1. The molecule has 1 rings (SSSR count). The summed E-state index contributed by atoms with van der Waals surface area (Å²) in [5.74, 6) is -0.00967. The summed E-state index contributed by atoms with van der Waals surface area (Å²) in [6.45, 7) is 0.345. The van der Waals surface area contributed by atoms with Crippen LogP contribution in [0.5, 0.6) is 5.75 Å². The number of rotatable bonds is 5. The molecular weight excluding hydrogens is 309 g/mol. The van der Waals surface area contributed by atoms with Gasteiger partial charge in [-0.15, -0.1) is 11.6 Å². The molecule has 1 aromatic carbocycles. The Morgan fingerprint density at radius 2 is 2.35 bits per heavy atom. The normalized spacial score (nSPS) is 12.2. The molecule has 0 aromatic heterocycles. The first kappa shape index (κ1) is 14.3. The predicted molar refractivity (Wildman–Crippen MR) is 69.7 cm³/mol. The van der Waals surface area contributed by atoms with Crippen molar-refractivity contribution in [2.24, 2.45) is 0 Å². The SMILES string of the molecule is COCC(CCl)NC(=O)c1ccc(Br)c(O)c1. The van der Waals surface area contributed by atoms with Crippen LogP contribution in [0, 0.1) is 0 Å². The third-order valence-corrected chi connectivity index (χ3v) is 3.14. The van der Waals surface area contributed by atoms with E-state index in [0.29, 0.717) is 16.6 Å². The van der Waals surface area contributed by atoms with Crippen LogP contribution in [0.3, 0.4) is 0 Å². The standard InChI is InChI=1S/C11H13BrClNO3/c1-17-6-8(5-13)14-11(16)7-2-3-9(12)10(15)4-7/h2-4,8,15H,5-6H2,1H3,(H,14,16). The van der Waals surface area contributed by atoms with Gasteiger partial charge in [-0.05, 0) is 34.1 Å². The highest BCUT2D eigenvalue weighted by atomic mass is 79.9. The minimum Gasteiger partial charge on any atom is -0.507 e. The molecule has 1 atom stereocenters. The van der Waals surface area contributed by atoms with E-state index in [2.05, 4.69) is 21.2 Å². The van der Waals surface area contributed by atoms with Crippen LogP contribution in [0.2, 0.25) is 0 Å². The van der Waals surface area contributed by atoms with Crippen LogP contribution in [0.1, 0.15) is 10.4 Å². The van der Waals surface area contributed by atoms with Gasteiger partial charge >= 0.3 is 0 Å². The average molecular weight is 323 g/mol. The van der Waals surface area contributed by atoms with Crippen molar-refractivity contribution >= 4 is 33.4 Å². The minimum absolute atomic E-state index is 0.0202. The third kappa shape index (κ3) is 4.18. The number of nitrogens with one attached hydrogen (secondary N) is 1. The number of phenols is 1. The summed E-state index contributed by atoms with van der Waals surface area (Å²) < 4.78 is 5.46. The van der Waals surface area contributed by atoms with E-state index in [4.69, 9.17) is 16.3 Å². The van der Waals surface area contributed by atoms with Gasteiger partial charge in [-0.25, -0.2) is 0 Å². The van der Waals surface area contributed by atoms with E-state index in [-0.39, 0.29) is 23.6 Å². The second kappa shape index (κ2) is 6.83. The van der Waals surface area contributed by atoms with Crippen LogP contribution in [-0.4, -0.2) is 36.7 Å². The zero-order valence-corrected chi connectivity index (χ0v) is 11.6. The van der Waals surface area contributed by atoms with Gasteiger partial charge in [0.15, 0.2) is 0 Å². The van der Waals surface area contributed by atoms with E-state index in [0.717, 1.165) is 0 Å². The topological polar surface area (TPSA) is 58.6 Å². The van der Waals surface area contributed by atoms with E-state index in [1.54, 1.807) is 12.1 Å². The third-order valence-electron chi connectivity index (χ3n) is 2.10. The molecule has 0 fully saturated rings. The summed E-state index contributed by atoms with van der Waals surface area (Å²) in [6.07, 6.45) is 0. The molecular formula is C11H13BrClNO3. The number of aromatic hydroxyl groups is 1. The molecule has 0 saturated carbocycles. The van der Waals surface area contributed by atoms with Crippen molar-refractivity contribution in [2.75, 3.05) is 19.6 Å². The maximum atomic E-state index is 11.8. The summed E-state index contributed by atoms with van der Waals surface area (Å²) in [6, 6.07) is 4.35. The zero-order chi connectivity index (χ0) is 12.8. The molecule has 1 amide bonds. The number of carbonyl (C=O) groups is 1. The van der Waals surface area contributed by atoms with Crippen molar-refractivity contribution in [3.8, 4) is 5.75 Å². The van der Waals surface area contributed by atoms with Crippen LogP contribution in [0.15, 0.2) is 22.7 Å². The van der Waals surface area contributed by atoms with Crippen LogP contribution >= 0.6 is 27.5 Å². The first-order chi connectivity index (χ1) is 8.08. The van der Waals surface area contributed by atoms with E-state index in [1.165, 1.54) is 13.2 Å². The number of alkyl halides is 1. The molecule has 0 bridgehead atoms. The summed E-state index contributed by atoms with van der Waals surface area (Å²) in [4.78, 5) is 11.8. The number of hydrogen-bond donors (Lipinski definition) is 2. The Hall–Kier alpha value is -0.780. The summed E-state index contributed by atoms with van der Waals surface area (Å²) in [5.41, 5.74) is 0.372. The zero-order valence-electron chi connectivity index (χ0n) is 9.24. The number of benzene rings is 1. The van der Waals surface area contributed by atoms with Gasteiger partial charge in [-0.1, -0.05) is 0 Å². The summed E-state index contributed by atoms with van der Waals surface area (Å²) in [7, 11) is 1.54. The Morgan fingerprint density at radius 1 is 1.65 bits per heavy atom. The van der Waals surface area contributed by atoms with Gasteiger partial charge in [0.05, 0.1) is 17.1 Å². The van der Waals surface area contributed by atoms with Crippen molar-refractivity contribution < 1.29 is 14.6 Å². The molecule has 0 spiro atoms. The first-order valence-electron chi connectivity index (χ1n) is 4.92. The van der Waals surface area contributed by atoms with Crippen molar-refractivity contribution in [3.05, 3.63) is 28.2 Å². The molecule has 2 N–H and O–H groups in total. The number of ether oxygens (including phenoxy) is 1. The molecule has 0 aliphatic carbocycles. The molecule has 1 unspecified atom stereocenters. The van der Waals surface area contributed by atoms with Gasteiger partial charge in [0, 0.05) is 18.6 Å². The van der Waals surface area contributed by atoms with Crippen LogP contribution in [0.25, 0.3) is 0 Å². The quantitative estimate of drug-likeness (QED) is 0.817. The maximum Gasteiger partial charge on any atom is 0.251 e. The van der Waals surface area contributed by atoms with Crippen molar-refractivity contribution in [1.29, 1.82) is 0 Å². The molecule has 6 heteroatoms. The second-order valence-corrected chi connectivity index (χ2v) is 4.61. The first-order valence-corrected chi connectivity index (χ1v) is 6.25. The van der Waals surface area contributed by atoms with E-state index >= 15 is 0 Å². The number of amides is 1. The van der Waals surface area contributed by atoms with Crippen LogP contribution in [-0.2, 0) is 4.74 Å². The molecule has 0 saturated heterocycles. The lowest BCUT2D eigenvalue weighted by Crippen LogP contribution is -2.39. The molecule has 0 radical (unpaired) electrons. The van der Waals surface area contributed by atoms with Gasteiger partial charge < -0.3 is 15.2 Å². The number of phenolic OH excluding ortho intramolecular Hbond substituents is 1. The van der Waals surface area contributed by atoms with Gasteiger partial charge in [0.1, 0.15) is 5.75 Å². The van der Waals surface area contributed by atoms with E-state index in [9.17, 15) is 9.90 Å². The monoisotopic (exact) mass is 321 g/mol. The Bertz CT molecular complexity index is 400. The maximum absolute atomic E-state index is 11.8. The minimum atomic E-state index is -0.296. The number of halogens is 2. The van der Waals surface area contributed by atoms with Crippen LogP contribution in [0.4, 0.5) is 0 Å². The fourth-order valence-corrected chi connectivity index (χ4v) is 1.66. The Balaban J connectivity index is 2.72. The van der Waals surface area contributed by atoms with Gasteiger partial charge in [-0.2, -0.15) is 0 Å². The van der Waals surface area contributed by atoms with Gasteiger partial charge in [0.25, 0.3) is 5.91 Å². The fourth-order valence-electron chi connectivity index (χ4n) is 1.25. The highest BCUT2D eigenvalue weighted by Gasteiger charge is 2.13. The van der Waals surface area contributed by atoms with E-state index < -0.39 is 0 Å². The largest absolute Gasteiger partial charge is 0.507 e. The van der Waals surface area contributed by atoms with Gasteiger partial charge in [0.2, 0.25) is 0 Å². The lowest BCUT2D eigenvalue weighted by Gasteiger charge is -2.15. The van der Waals surface area contributed by atoms with Crippen molar-refractivity contribution in [2.45, 2.75) is 6.04 Å². The van der Waals surface area contributed by atoms with E-state index in [1.807, 2.05) is 0 Å². The highest BCUT2D eigenvalue weighted by molar-refractivity contribution is 9.10. The molecule has 0 aliphatic heterocycles. The Morgan fingerprint density at radius 3 is 2.88 bits per heavy atom. The smallest absolute Gasteiger partial charge is 0.251 e. The molecule has 1 aromatic rings. The molecule has 17 heavy (non-hydrogen) atoms. The van der Waals surface area contributed by atoms with Crippen molar-refractivity contribution in [3.63, 3.8) is 0 Å². The molecule has 94 valence electrons. The second-order valence-electron chi connectivity index (χ2n) is 3.45. The Labute approximate surface area is 113 Å². The highest BCUT2D eigenvalue weighted by Crippen LogP contribution is 2.24. The molecule has 4 nitrogen and oxygen atoms in total. The number of hydrogen-bond acceptors (Lipinski definition) is 3. The lowest BCUT2D eigenvalue weighted by atomic mass is 10.2. The van der Waals surface area contributed by atoms with Crippen molar-refractivity contribution in [1.82, 2.24) is 5.32 Å². The fraction of sp³-hybridized carbons (Fsp3) is 0.364. The lowest BCUT2D eigenvalue weighted by molar-refractivity contribution is 0.0906. The number of methoxy groups -OCH3 is 1. The van der Waals surface area contributed by atoms with Gasteiger partial charge in [-0.3, -0.25) is 4.79 Å². The van der Waals surface area contributed by atoms with Crippen LogP contribution < -0.4 is 5.32 Å². The predicted octanol–water partition coefficient (Wildman–Crippen LogP) is 2.14. The summed E-state index contributed by atoms with van der Waals surface area (Å²) in [5, 5.41) is 12.2. The Kier molecular flexibility index (Phi) is 5.74. The molecule has 0 aliphatic rings. The average Bonchev–Trinajstić information content (AvgIpc) is 2.31. The molecule has 0 heterocycles. The summed E-state index contributed by atoms with van der Waals surface area (Å²) >= 11 is 8.83.